The molecule has 144 valence electrons. The van der Waals surface area contributed by atoms with Gasteiger partial charge in [0, 0.05) is 18.4 Å². The molecule has 2 amide bonds. The van der Waals surface area contributed by atoms with Gasteiger partial charge in [0.25, 0.3) is 5.91 Å². The fourth-order valence-electron chi connectivity index (χ4n) is 2.90. The Bertz CT molecular complexity index is 959. The van der Waals surface area contributed by atoms with E-state index in [4.69, 9.17) is 11.6 Å². The molecule has 1 aliphatic heterocycles. The Balaban J connectivity index is 1.85. The summed E-state index contributed by atoms with van der Waals surface area (Å²) < 4.78 is 0. The van der Waals surface area contributed by atoms with Crippen LogP contribution in [-0.2, 0) is 14.4 Å². The van der Waals surface area contributed by atoms with Gasteiger partial charge in [0.1, 0.15) is 11.8 Å². The third kappa shape index (κ3) is 4.37. The van der Waals surface area contributed by atoms with Gasteiger partial charge < -0.3 is 10.6 Å². The van der Waals surface area contributed by atoms with E-state index in [2.05, 4.69) is 15.7 Å². The number of nitrogens with one attached hydrogen (secondary N) is 2. The van der Waals surface area contributed by atoms with Crippen molar-refractivity contribution < 1.29 is 14.4 Å². The Morgan fingerprint density at radius 2 is 1.75 bits per heavy atom. The van der Waals surface area contributed by atoms with Crippen LogP contribution in [0.3, 0.4) is 0 Å². The van der Waals surface area contributed by atoms with E-state index in [1.807, 2.05) is 30.3 Å². The minimum Gasteiger partial charge on any atom is -0.324 e. The summed E-state index contributed by atoms with van der Waals surface area (Å²) in [7, 11) is 0. The third-order valence-corrected chi connectivity index (χ3v) is 4.44. The third-order valence-electron chi connectivity index (χ3n) is 4.20. The minimum absolute atomic E-state index is 0.0826. The van der Waals surface area contributed by atoms with Crippen LogP contribution in [0, 0.1) is 0 Å². The molecular weight excluding hydrogens is 380 g/mol. The molecule has 28 heavy (non-hydrogen) atoms. The number of hydrogen-bond acceptors (Lipinski definition) is 5. The Labute approximate surface area is 167 Å². The number of hydrogen-bond donors (Lipinski definition) is 2. The van der Waals surface area contributed by atoms with Gasteiger partial charge in [0.05, 0.1) is 17.1 Å². The second kappa shape index (κ2) is 8.22. The molecular formula is C20H19ClN4O3. The number of anilines is 3. The highest BCUT2D eigenvalue weighted by Crippen LogP contribution is 2.28. The molecule has 0 saturated carbocycles. The van der Waals surface area contributed by atoms with Crippen molar-refractivity contribution in [3.8, 4) is 0 Å². The Morgan fingerprint density at radius 1 is 1.04 bits per heavy atom. The molecule has 1 aliphatic rings. The fraction of sp³-hybridized carbons (Fsp3) is 0.200. The Morgan fingerprint density at radius 3 is 2.39 bits per heavy atom. The highest BCUT2D eigenvalue weighted by molar-refractivity contribution is 6.44. The molecule has 1 atom stereocenters. The molecule has 0 fully saturated rings. The first kappa shape index (κ1) is 19.6. The normalized spacial score (nSPS) is 15.8. The molecule has 0 saturated heterocycles. The Hall–Kier alpha value is -3.19. The van der Waals surface area contributed by atoms with Gasteiger partial charge in [-0.15, -0.1) is 0 Å². The first-order chi connectivity index (χ1) is 13.3. The van der Waals surface area contributed by atoms with Crippen molar-refractivity contribution in [2.75, 3.05) is 15.6 Å². The lowest BCUT2D eigenvalue weighted by Crippen LogP contribution is -2.33. The quantitative estimate of drug-likeness (QED) is 0.806. The van der Waals surface area contributed by atoms with Crippen LogP contribution in [0.5, 0.6) is 0 Å². The number of nitrogens with zero attached hydrogens (tertiary/aromatic N) is 2. The number of carbonyl (C=O) groups excluding carboxylic acids is 3. The van der Waals surface area contributed by atoms with E-state index in [0.29, 0.717) is 16.4 Å². The molecule has 1 heterocycles. The number of carbonyl (C=O) groups is 3. The maximum absolute atomic E-state index is 12.8. The van der Waals surface area contributed by atoms with Crippen LogP contribution in [0.25, 0.3) is 0 Å². The standard InChI is InChI=1S/C20H19ClN4O3/c1-12(26)19-11-18(24-25(19)15-6-4-3-5-7-15)20(28)23-16-9-8-14(21)10-17(16)22-13(2)27/h3-10,19H,11H2,1-2H3,(H,22,27)(H,23,28). The van der Waals surface area contributed by atoms with Crippen LogP contribution < -0.4 is 15.6 Å². The smallest absolute Gasteiger partial charge is 0.272 e. The average molecular weight is 399 g/mol. The second-order valence-corrected chi connectivity index (χ2v) is 6.82. The van der Waals surface area contributed by atoms with Gasteiger partial charge in [-0.3, -0.25) is 19.4 Å². The SMILES string of the molecule is CC(=O)Nc1cc(Cl)ccc1NC(=O)C1=NN(c2ccccc2)C(C(C)=O)C1. The van der Waals surface area contributed by atoms with Crippen LogP contribution in [0.1, 0.15) is 20.3 Å². The molecule has 0 radical (unpaired) electrons. The van der Waals surface area contributed by atoms with E-state index in [1.54, 1.807) is 23.2 Å². The van der Waals surface area contributed by atoms with Gasteiger partial charge in [0.2, 0.25) is 5.91 Å². The first-order valence-electron chi connectivity index (χ1n) is 8.66. The molecule has 0 spiro atoms. The van der Waals surface area contributed by atoms with Crippen molar-refractivity contribution >= 4 is 52.0 Å². The van der Waals surface area contributed by atoms with E-state index < -0.39 is 11.9 Å². The van der Waals surface area contributed by atoms with Crippen LogP contribution in [0.15, 0.2) is 53.6 Å². The predicted molar refractivity (Wildman–Crippen MR) is 110 cm³/mol. The molecule has 0 aromatic heterocycles. The average Bonchev–Trinajstić information content (AvgIpc) is 3.10. The maximum atomic E-state index is 12.8. The highest BCUT2D eigenvalue weighted by atomic mass is 35.5. The van der Waals surface area contributed by atoms with Crippen molar-refractivity contribution in [3.63, 3.8) is 0 Å². The molecule has 2 aromatic carbocycles. The van der Waals surface area contributed by atoms with E-state index in [0.717, 1.165) is 5.69 Å². The van der Waals surface area contributed by atoms with Gasteiger partial charge in [-0.1, -0.05) is 29.8 Å². The minimum atomic E-state index is -0.539. The number of rotatable bonds is 5. The van der Waals surface area contributed by atoms with Crippen molar-refractivity contribution in [2.24, 2.45) is 5.10 Å². The van der Waals surface area contributed by atoms with Crippen molar-refractivity contribution in [1.29, 1.82) is 0 Å². The maximum Gasteiger partial charge on any atom is 0.272 e. The largest absolute Gasteiger partial charge is 0.324 e. The summed E-state index contributed by atoms with van der Waals surface area (Å²) in [6, 6.07) is 13.4. The topological polar surface area (TPSA) is 90.9 Å². The van der Waals surface area contributed by atoms with Crippen LogP contribution in [0.4, 0.5) is 17.1 Å². The summed E-state index contributed by atoms with van der Waals surface area (Å²) in [5, 5.41) is 11.7. The number of benzene rings is 2. The molecule has 8 heteroatoms. The van der Waals surface area contributed by atoms with Crippen molar-refractivity contribution in [3.05, 3.63) is 53.6 Å². The molecule has 0 bridgehead atoms. The zero-order valence-corrected chi connectivity index (χ0v) is 16.2. The van der Waals surface area contributed by atoms with Gasteiger partial charge in [-0.2, -0.15) is 5.10 Å². The number of ketones is 1. The summed E-state index contributed by atoms with van der Waals surface area (Å²) >= 11 is 5.97. The van der Waals surface area contributed by atoms with Gasteiger partial charge in [-0.05, 0) is 37.3 Å². The summed E-state index contributed by atoms with van der Waals surface area (Å²) in [4.78, 5) is 36.2. The van der Waals surface area contributed by atoms with Gasteiger partial charge in [-0.25, -0.2) is 0 Å². The van der Waals surface area contributed by atoms with Crippen molar-refractivity contribution in [2.45, 2.75) is 26.3 Å². The first-order valence-corrected chi connectivity index (χ1v) is 9.03. The van der Waals surface area contributed by atoms with Crippen LogP contribution in [0.2, 0.25) is 5.02 Å². The van der Waals surface area contributed by atoms with Gasteiger partial charge in [0.15, 0.2) is 5.78 Å². The lowest BCUT2D eigenvalue weighted by molar-refractivity contribution is -0.118. The van der Waals surface area contributed by atoms with Crippen molar-refractivity contribution in [1.82, 2.24) is 0 Å². The van der Waals surface area contributed by atoms with E-state index >= 15 is 0 Å². The molecule has 2 aromatic rings. The molecule has 3 rings (SSSR count). The summed E-state index contributed by atoms with van der Waals surface area (Å²) in [5.41, 5.74) is 1.74. The molecule has 2 N–H and O–H groups in total. The number of para-hydroxylation sites is 1. The molecule has 0 aliphatic carbocycles. The van der Waals surface area contributed by atoms with E-state index in [-0.39, 0.29) is 23.8 Å². The predicted octanol–water partition coefficient (Wildman–Crippen LogP) is 3.46. The number of hydrazone groups is 1. The van der Waals surface area contributed by atoms with Gasteiger partial charge >= 0.3 is 0 Å². The highest BCUT2D eigenvalue weighted by Gasteiger charge is 2.34. The zero-order chi connectivity index (χ0) is 20.3. The summed E-state index contributed by atoms with van der Waals surface area (Å²) in [6.07, 6.45) is 0.194. The van der Waals surface area contributed by atoms with E-state index in [9.17, 15) is 14.4 Å². The summed E-state index contributed by atoms with van der Waals surface area (Å²) in [6.45, 7) is 2.84. The number of amides is 2. The molecule has 7 nitrogen and oxygen atoms in total. The lowest BCUT2D eigenvalue weighted by atomic mass is 10.1. The second-order valence-electron chi connectivity index (χ2n) is 6.38. The monoisotopic (exact) mass is 398 g/mol. The van der Waals surface area contributed by atoms with Crippen LogP contribution in [-0.4, -0.2) is 29.4 Å². The zero-order valence-electron chi connectivity index (χ0n) is 15.4. The Kier molecular flexibility index (Phi) is 5.75. The fourth-order valence-corrected chi connectivity index (χ4v) is 3.07. The number of halogens is 1. The van der Waals surface area contributed by atoms with E-state index in [1.165, 1.54) is 13.8 Å². The molecule has 1 unspecified atom stereocenters. The lowest BCUT2D eigenvalue weighted by Gasteiger charge is -2.20. The van der Waals surface area contributed by atoms with Crippen LogP contribution >= 0.6 is 11.6 Å². The number of Topliss-reactive ketones (excluding diaryl/α,β-unsaturated/α-hetero) is 1. The summed E-state index contributed by atoms with van der Waals surface area (Å²) in [5.74, 6) is -0.817.